The van der Waals surface area contributed by atoms with Gasteiger partial charge in [-0.3, -0.25) is 14.2 Å². The number of nitrogens with zero attached hydrogens (tertiary/aromatic N) is 3. The van der Waals surface area contributed by atoms with Crippen molar-refractivity contribution in [3.8, 4) is 0 Å². The molecule has 4 rings (SSSR count). The highest BCUT2D eigenvalue weighted by atomic mass is 16.5. The fourth-order valence-corrected chi connectivity index (χ4v) is 4.58. The average molecular weight is 498 g/mol. The largest absolute Gasteiger partial charge is 0.383 e. The Balaban J connectivity index is 1.75. The Morgan fingerprint density at radius 2 is 1.68 bits per heavy atom. The van der Waals surface area contributed by atoms with Gasteiger partial charge in [0.2, 0.25) is 0 Å². The van der Waals surface area contributed by atoms with Gasteiger partial charge in [0, 0.05) is 19.2 Å². The van der Waals surface area contributed by atoms with E-state index in [-0.39, 0.29) is 11.5 Å². The van der Waals surface area contributed by atoms with E-state index in [1.165, 1.54) is 5.56 Å². The Morgan fingerprint density at radius 3 is 2.38 bits per heavy atom. The van der Waals surface area contributed by atoms with Crippen LogP contribution >= 0.6 is 0 Å². The molecule has 0 saturated carbocycles. The third-order valence-corrected chi connectivity index (χ3v) is 6.73. The molecule has 0 spiro atoms. The molecule has 0 aliphatic heterocycles. The van der Waals surface area contributed by atoms with Crippen LogP contribution in [0.5, 0.6) is 0 Å². The van der Waals surface area contributed by atoms with Crippen molar-refractivity contribution < 1.29 is 9.53 Å². The fourth-order valence-electron chi connectivity index (χ4n) is 4.58. The molecule has 1 unspecified atom stereocenters. The molecule has 1 atom stereocenters. The standard InChI is InChI=1S/C31H35N3O3/c1-4-5-11-24-16-18-26(19-17-24)30(35)33(20-21-37-3)23(2)29-32-28-15-10-9-14-27(28)31(36)34(29)22-25-12-7-6-8-13-25/h6-10,12-19,23H,4-5,11,20-22H2,1-3H3. The number of methoxy groups -OCH3 is 1. The predicted molar refractivity (Wildman–Crippen MR) is 148 cm³/mol. The average Bonchev–Trinajstić information content (AvgIpc) is 2.94. The number of benzene rings is 3. The summed E-state index contributed by atoms with van der Waals surface area (Å²) >= 11 is 0. The maximum absolute atomic E-state index is 13.8. The van der Waals surface area contributed by atoms with Gasteiger partial charge in [-0.25, -0.2) is 4.98 Å². The van der Waals surface area contributed by atoms with Crippen LogP contribution in [0.2, 0.25) is 0 Å². The van der Waals surface area contributed by atoms with E-state index in [1.54, 1.807) is 22.6 Å². The maximum Gasteiger partial charge on any atom is 0.261 e. The quantitative estimate of drug-likeness (QED) is 0.269. The lowest BCUT2D eigenvalue weighted by molar-refractivity contribution is 0.0603. The van der Waals surface area contributed by atoms with E-state index in [9.17, 15) is 9.59 Å². The molecule has 37 heavy (non-hydrogen) atoms. The first-order valence-corrected chi connectivity index (χ1v) is 13.0. The normalized spacial score (nSPS) is 12.0. The molecular weight excluding hydrogens is 462 g/mol. The van der Waals surface area contributed by atoms with Crippen LogP contribution in [-0.2, 0) is 17.7 Å². The number of hydrogen-bond acceptors (Lipinski definition) is 4. The van der Waals surface area contributed by atoms with Crippen molar-refractivity contribution in [2.75, 3.05) is 20.3 Å². The van der Waals surface area contributed by atoms with E-state index < -0.39 is 6.04 Å². The highest BCUT2D eigenvalue weighted by Gasteiger charge is 2.27. The number of unbranched alkanes of at least 4 members (excludes halogenated alkanes) is 1. The van der Waals surface area contributed by atoms with Crippen LogP contribution in [-0.4, -0.2) is 40.6 Å². The van der Waals surface area contributed by atoms with Gasteiger partial charge in [-0.1, -0.05) is 67.9 Å². The summed E-state index contributed by atoms with van der Waals surface area (Å²) in [7, 11) is 1.62. The summed E-state index contributed by atoms with van der Waals surface area (Å²) in [4.78, 5) is 34.1. The molecule has 6 heteroatoms. The van der Waals surface area contributed by atoms with E-state index in [4.69, 9.17) is 9.72 Å². The first-order chi connectivity index (χ1) is 18.0. The van der Waals surface area contributed by atoms with Crippen LogP contribution in [0.25, 0.3) is 10.9 Å². The second-order valence-electron chi connectivity index (χ2n) is 9.33. The summed E-state index contributed by atoms with van der Waals surface area (Å²) in [6.07, 6.45) is 3.25. The minimum Gasteiger partial charge on any atom is -0.383 e. The highest BCUT2D eigenvalue weighted by Crippen LogP contribution is 2.23. The van der Waals surface area contributed by atoms with Crippen molar-refractivity contribution in [1.82, 2.24) is 14.5 Å². The first-order valence-electron chi connectivity index (χ1n) is 13.0. The second kappa shape index (κ2) is 12.5. The molecule has 0 N–H and O–H groups in total. The molecule has 0 bridgehead atoms. The molecule has 4 aromatic rings. The van der Waals surface area contributed by atoms with Crippen molar-refractivity contribution in [3.05, 3.63) is 112 Å². The number of fused-ring (bicyclic) bond motifs is 1. The van der Waals surface area contributed by atoms with Gasteiger partial charge < -0.3 is 9.64 Å². The molecule has 192 valence electrons. The monoisotopic (exact) mass is 497 g/mol. The Hall–Kier alpha value is -3.77. The summed E-state index contributed by atoms with van der Waals surface area (Å²) in [5, 5.41) is 0.562. The lowest BCUT2D eigenvalue weighted by atomic mass is 10.1. The van der Waals surface area contributed by atoms with Crippen molar-refractivity contribution in [2.24, 2.45) is 0 Å². The van der Waals surface area contributed by atoms with E-state index in [0.29, 0.717) is 42.0 Å². The van der Waals surface area contributed by atoms with E-state index in [0.717, 1.165) is 24.8 Å². The molecule has 6 nitrogen and oxygen atoms in total. The van der Waals surface area contributed by atoms with Crippen molar-refractivity contribution in [2.45, 2.75) is 45.7 Å². The minimum absolute atomic E-state index is 0.111. The molecule has 0 aliphatic rings. The molecule has 1 amide bonds. The van der Waals surface area contributed by atoms with Crippen molar-refractivity contribution in [3.63, 3.8) is 0 Å². The molecule has 0 aliphatic carbocycles. The highest BCUT2D eigenvalue weighted by molar-refractivity contribution is 5.94. The third-order valence-electron chi connectivity index (χ3n) is 6.73. The number of ether oxygens (including phenoxy) is 1. The number of aromatic nitrogens is 2. The predicted octanol–water partition coefficient (Wildman–Crippen LogP) is 5.64. The Labute approximate surface area is 218 Å². The van der Waals surface area contributed by atoms with Crippen LogP contribution < -0.4 is 5.56 Å². The van der Waals surface area contributed by atoms with Gasteiger partial charge in [0.05, 0.1) is 30.1 Å². The topological polar surface area (TPSA) is 64.4 Å². The van der Waals surface area contributed by atoms with Gasteiger partial charge in [-0.15, -0.1) is 0 Å². The third kappa shape index (κ3) is 6.15. The summed E-state index contributed by atoms with van der Waals surface area (Å²) in [6.45, 7) is 5.23. The summed E-state index contributed by atoms with van der Waals surface area (Å²) in [5.41, 5.74) is 3.34. The lowest BCUT2D eigenvalue weighted by Gasteiger charge is -2.30. The van der Waals surface area contributed by atoms with Crippen LogP contribution in [0, 0.1) is 0 Å². The van der Waals surface area contributed by atoms with Crippen LogP contribution in [0.15, 0.2) is 83.7 Å². The number of amides is 1. The summed E-state index contributed by atoms with van der Waals surface area (Å²) in [6, 6.07) is 24.6. The molecular formula is C31H35N3O3. The number of hydrogen-bond donors (Lipinski definition) is 0. The Morgan fingerprint density at radius 1 is 0.973 bits per heavy atom. The Bertz CT molecular complexity index is 1380. The molecule has 0 fully saturated rings. The summed E-state index contributed by atoms with van der Waals surface area (Å²) < 4.78 is 7.04. The fraction of sp³-hybridized carbons (Fsp3) is 0.323. The maximum atomic E-state index is 13.8. The van der Waals surface area contributed by atoms with E-state index in [1.807, 2.05) is 79.7 Å². The van der Waals surface area contributed by atoms with Gasteiger partial charge in [-0.05, 0) is 55.2 Å². The van der Waals surface area contributed by atoms with Crippen molar-refractivity contribution >= 4 is 16.8 Å². The number of aryl methyl sites for hydroxylation is 1. The minimum atomic E-state index is -0.455. The smallest absolute Gasteiger partial charge is 0.261 e. The van der Waals surface area contributed by atoms with E-state index in [2.05, 4.69) is 6.92 Å². The van der Waals surface area contributed by atoms with Gasteiger partial charge in [-0.2, -0.15) is 0 Å². The zero-order valence-corrected chi connectivity index (χ0v) is 21.9. The van der Waals surface area contributed by atoms with E-state index >= 15 is 0 Å². The number of carbonyl (C=O) groups is 1. The summed E-state index contributed by atoms with van der Waals surface area (Å²) in [5.74, 6) is 0.442. The Kier molecular flexibility index (Phi) is 8.86. The SMILES string of the molecule is CCCCc1ccc(C(=O)N(CCOC)C(C)c2nc3ccccc3c(=O)n2Cc2ccccc2)cc1. The first kappa shape index (κ1) is 26.3. The molecule has 1 aromatic heterocycles. The van der Waals surface area contributed by atoms with Gasteiger partial charge in [0.25, 0.3) is 11.5 Å². The molecule has 3 aromatic carbocycles. The van der Waals surface area contributed by atoms with Gasteiger partial charge >= 0.3 is 0 Å². The second-order valence-corrected chi connectivity index (χ2v) is 9.33. The zero-order chi connectivity index (χ0) is 26.2. The van der Waals surface area contributed by atoms with Crippen LogP contribution in [0.3, 0.4) is 0 Å². The molecule has 0 radical (unpaired) electrons. The molecule has 1 heterocycles. The zero-order valence-electron chi connectivity index (χ0n) is 21.9. The van der Waals surface area contributed by atoms with Gasteiger partial charge in [0.1, 0.15) is 5.82 Å². The van der Waals surface area contributed by atoms with Gasteiger partial charge in [0.15, 0.2) is 0 Å². The molecule has 0 saturated heterocycles. The van der Waals surface area contributed by atoms with Crippen LogP contribution in [0.4, 0.5) is 0 Å². The van der Waals surface area contributed by atoms with Crippen molar-refractivity contribution in [1.29, 1.82) is 0 Å². The van der Waals surface area contributed by atoms with Crippen LogP contribution in [0.1, 0.15) is 60.0 Å². The lowest BCUT2D eigenvalue weighted by Crippen LogP contribution is -2.39. The number of rotatable bonds is 11. The number of carbonyl (C=O) groups excluding carboxylic acids is 1. The number of para-hydroxylation sites is 1.